The third-order valence-corrected chi connectivity index (χ3v) is 3.04. The van der Waals surface area contributed by atoms with Crippen LogP contribution in [0.1, 0.15) is 0 Å². The number of nitrogens with one attached hydrogen (secondary N) is 1. The zero-order valence-electron chi connectivity index (χ0n) is 11.4. The topological polar surface area (TPSA) is 97.1 Å². The number of methoxy groups -OCH3 is 1. The van der Waals surface area contributed by atoms with Gasteiger partial charge in [0.2, 0.25) is 0 Å². The van der Waals surface area contributed by atoms with E-state index in [2.05, 4.69) is 5.32 Å². The molecule has 20 heavy (non-hydrogen) atoms. The van der Waals surface area contributed by atoms with Crippen molar-refractivity contribution in [3.8, 4) is 5.75 Å². The van der Waals surface area contributed by atoms with Gasteiger partial charge in [0, 0.05) is 26.3 Å². The Labute approximate surface area is 117 Å². The van der Waals surface area contributed by atoms with Gasteiger partial charge >= 0.3 is 0 Å². The Morgan fingerprint density at radius 2 is 2.30 bits per heavy atom. The van der Waals surface area contributed by atoms with Crippen LogP contribution in [0.2, 0.25) is 0 Å². The van der Waals surface area contributed by atoms with E-state index in [1.807, 2.05) is 4.90 Å². The number of aliphatic hydroxyl groups excluding tert-OH is 1. The highest BCUT2D eigenvalue weighted by atomic mass is 16.5. The van der Waals surface area contributed by atoms with Gasteiger partial charge in [0.25, 0.3) is 5.91 Å². The standard InChI is InChI=1S/C13H19N3O4/c1-19-5-3-16(2-4-17)11-7-10-12(6-9(11)14)20-8-13(18)15-10/h6-7,17H,2-5,8,14H2,1H3,(H,15,18). The number of amides is 1. The number of benzene rings is 1. The molecule has 0 bridgehead atoms. The molecule has 1 aliphatic heterocycles. The van der Waals surface area contributed by atoms with Crippen molar-refractivity contribution >= 4 is 23.0 Å². The second-order valence-corrected chi connectivity index (χ2v) is 4.45. The maximum absolute atomic E-state index is 11.3. The third-order valence-electron chi connectivity index (χ3n) is 3.04. The van der Waals surface area contributed by atoms with Crippen molar-refractivity contribution in [1.29, 1.82) is 0 Å². The normalized spacial score (nSPS) is 13.4. The number of carbonyl (C=O) groups excluding carboxylic acids is 1. The predicted molar refractivity (Wildman–Crippen MR) is 76.2 cm³/mol. The average molecular weight is 281 g/mol. The van der Waals surface area contributed by atoms with Crippen LogP contribution in [0.4, 0.5) is 17.1 Å². The lowest BCUT2D eigenvalue weighted by Crippen LogP contribution is -2.31. The molecule has 0 spiro atoms. The van der Waals surface area contributed by atoms with Crippen LogP contribution in [0.3, 0.4) is 0 Å². The highest BCUT2D eigenvalue weighted by Gasteiger charge is 2.20. The molecule has 0 aromatic heterocycles. The maximum atomic E-state index is 11.3. The van der Waals surface area contributed by atoms with Crippen molar-refractivity contribution in [3.05, 3.63) is 12.1 Å². The summed E-state index contributed by atoms with van der Waals surface area (Å²) in [7, 11) is 1.61. The Balaban J connectivity index is 2.29. The summed E-state index contributed by atoms with van der Waals surface area (Å²) in [5.41, 5.74) is 7.88. The first-order chi connectivity index (χ1) is 9.65. The second-order valence-electron chi connectivity index (χ2n) is 4.45. The van der Waals surface area contributed by atoms with Crippen LogP contribution in [0.15, 0.2) is 12.1 Å². The smallest absolute Gasteiger partial charge is 0.262 e. The third kappa shape index (κ3) is 3.12. The van der Waals surface area contributed by atoms with Crippen molar-refractivity contribution in [1.82, 2.24) is 0 Å². The van der Waals surface area contributed by atoms with Crippen molar-refractivity contribution in [3.63, 3.8) is 0 Å². The van der Waals surface area contributed by atoms with Crippen LogP contribution in [0.25, 0.3) is 0 Å². The van der Waals surface area contributed by atoms with Gasteiger partial charge in [-0.05, 0) is 6.07 Å². The van der Waals surface area contributed by atoms with Gasteiger partial charge in [-0.3, -0.25) is 4.79 Å². The van der Waals surface area contributed by atoms with Gasteiger partial charge in [-0.1, -0.05) is 0 Å². The van der Waals surface area contributed by atoms with Crippen molar-refractivity contribution in [2.24, 2.45) is 0 Å². The number of aliphatic hydroxyl groups is 1. The summed E-state index contributed by atoms with van der Waals surface area (Å²) >= 11 is 0. The second kappa shape index (κ2) is 6.44. The van der Waals surface area contributed by atoms with Gasteiger partial charge in [-0.15, -0.1) is 0 Å². The predicted octanol–water partition coefficient (Wildman–Crippen LogP) is 0.0448. The Hall–Kier alpha value is -1.99. The summed E-state index contributed by atoms with van der Waals surface area (Å²) in [4.78, 5) is 13.3. The van der Waals surface area contributed by atoms with Gasteiger partial charge in [0.05, 0.1) is 30.3 Å². The highest BCUT2D eigenvalue weighted by Crippen LogP contribution is 2.36. The number of anilines is 3. The summed E-state index contributed by atoms with van der Waals surface area (Å²) in [6.07, 6.45) is 0. The molecule has 0 unspecified atom stereocenters. The van der Waals surface area contributed by atoms with Crippen LogP contribution >= 0.6 is 0 Å². The monoisotopic (exact) mass is 281 g/mol. The molecule has 110 valence electrons. The molecule has 4 N–H and O–H groups in total. The molecule has 1 aliphatic rings. The Bertz CT molecular complexity index is 493. The molecule has 0 atom stereocenters. The van der Waals surface area contributed by atoms with Crippen LogP contribution < -0.4 is 20.7 Å². The molecule has 7 heteroatoms. The van der Waals surface area contributed by atoms with E-state index in [1.54, 1.807) is 19.2 Å². The number of ether oxygens (including phenoxy) is 2. The van der Waals surface area contributed by atoms with Crippen molar-refractivity contribution < 1.29 is 19.4 Å². The first kappa shape index (κ1) is 14.4. The van der Waals surface area contributed by atoms with E-state index < -0.39 is 0 Å². The number of carbonyl (C=O) groups is 1. The maximum Gasteiger partial charge on any atom is 0.262 e. The molecule has 0 aliphatic carbocycles. The number of hydrogen-bond donors (Lipinski definition) is 3. The molecular weight excluding hydrogens is 262 g/mol. The quantitative estimate of drug-likeness (QED) is 0.637. The van der Waals surface area contributed by atoms with E-state index in [4.69, 9.17) is 20.3 Å². The Morgan fingerprint density at radius 1 is 1.50 bits per heavy atom. The summed E-state index contributed by atoms with van der Waals surface area (Å²) in [6, 6.07) is 3.44. The minimum atomic E-state index is -0.196. The number of rotatable bonds is 6. The lowest BCUT2D eigenvalue weighted by atomic mass is 10.2. The lowest BCUT2D eigenvalue weighted by molar-refractivity contribution is -0.118. The van der Waals surface area contributed by atoms with Crippen LogP contribution in [0, 0.1) is 0 Å². The van der Waals surface area contributed by atoms with Crippen molar-refractivity contribution in [2.45, 2.75) is 0 Å². The SMILES string of the molecule is COCCN(CCO)c1cc2c(cc1N)OCC(=O)N2. The van der Waals surface area contributed by atoms with Crippen molar-refractivity contribution in [2.75, 3.05) is 56.0 Å². The first-order valence-corrected chi connectivity index (χ1v) is 6.36. The fourth-order valence-electron chi connectivity index (χ4n) is 2.08. The van der Waals surface area contributed by atoms with E-state index in [0.717, 1.165) is 5.69 Å². The largest absolute Gasteiger partial charge is 0.482 e. The molecule has 7 nitrogen and oxygen atoms in total. The fourth-order valence-corrected chi connectivity index (χ4v) is 2.08. The summed E-state index contributed by atoms with van der Waals surface area (Å²) in [6.45, 7) is 1.54. The minimum Gasteiger partial charge on any atom is -0.482 e. The summed E-state index contributed by atoms with van der Waals surface area (Å²) in [5, 5.41) is 11.9. The van der Waals surface area contributed by atoms with E-state index >= 15 is 0 Å². The zero-order valence-corrected chi connectivity index (χ0v) is 11.4. The Kier molecular flexibility index (Phi) is 4.65. The highest BCUT2D eigenvalue weighted by molar-refractivity contribution is 5.97. The fraction of sp³-hybridized carbons (Fsp3) is 0.462. The molecule has 1 aromatic carbocycles. The summed E-state index contributed by atoms with van der Waals surface area (Å²) in [5.74, 6) is 0.361. The minimum absolute atomic E-state index is 0.00307. The van der Waals surface area contributed by atoms with Crippen LogP contribution in [-0.2, 0) is 9.53 Å². The van der Waals surface area contributed by atoms with Crippen LogP contribution in [-0.4, -0.2) is 51.0 Å². The number of nitrogens with zero attached hydrogens (tertiary/aromatic N) is 1. The molecule has 1 heterocycles. The molecule has 2 rings (SSSR count). The molecule has 0 radical (unpaired) electrons. The van der Waals surface area contributed by atoms with Gasteiger partial charge in [-0.2, -0.15) is 0 Å². The van der Waals surface area contributed by atoms with E-state index in [1.165, 1.54) is 0 Å². The zero-order chi connectivity index (χ0) is 14.5. The van der Waals surface area contributed by atoms with Gasteiger partial charge in [0.15, 0.2) is 6.61 Å². The van der Waals surface area contributed by atoms with E-state index in [9.17, 15) is 4.79 Å². The molecule has 1 amide bonds. The molecule has 0 saturated heterocycles. The molecular formula is C13H19N3O4. The van der Waals surface area contributed by atoms with E-state index in [-0.39, 0.29) is 19.1 Å². The average Bonchev–Trinajstić information content (AvgIpc) is 2.43. The summed E-state index contributed by atoms with van der Waals surface area (Å²) < 4.78 is 10.4. The number of nitrogen functional groups attached to an aromatic ring is 1. The molecule has 1 aromatic rings. The van der Waals surface area contributed by atoms with Gasteiger partial charge in [-0.25, -0.2) is 0 Å². The van der Waals surface area contributed by atoms with Gasteiger partial charge < -0.3 is 30.5 Å². The number of hydrogen-bond acceptors (Lipinski definition) is 6. The van der Waals surface area contributed by atoms with Crippen LogP contribution in [0.5, 0.6) is 5.75 Å². The number of fused-ring (bicyclic) bond motifs is 1. The van der Waals surface area contributed by atoms with Gasteiger partial charge in [0.1, 0.15) is 5.75 Å². The van der Waals surface area contributed by atoms with E-state index in [0.29, 0.717) is 36.8 Å². The Morgan fingerprint density at radius 3 is 3.00 bits per heavy atom. The molecule has 0 saturated carbocycles. The first-order valence-electron chi connectivity index (χ1n) is 6.36. The molecule has 0 fully saturated rings. The number of nitrogens with two attached hydrogens (primary N) is 1. The lowest BCUT2D eigenvalue weighted by Gasteiger charge is -2.27.